The molecule has 0 radical (unpaired) electrons. The fourth-order valence-corrected chi connectivity index (χ4v) is 1.61. The summed E-state index contributed by atoms with van der Waals surface area (Å²) in [5.74, 6) is -0.768. The van der Waals surface area contributed by atoms with Crippen LogP contribution < -0.4 is 0 Å². The molecule has 1 heterocycles. The number of rotatable bonds is 3. The van der Waals surface area contributed by atoms with Gasteiger partial charge in [-0.2, -0.15) is 8.78 Å². The third-order valence-corrected chi connectivity index (χ3v) is 2.54. The summed E-state index contributed by atoms with van der Waals surface area (Å²) in [6, 6.07) is 4.43. The number of hydrogen-bond acceptors (Lipinski definition) is 3. The van der Waals surface area contributed by atoms with Crippen LogP contribution in [-0.4, -0.2) is 16.1 Å². The number of carbonyl (C=O) groups excluding carboxylic acids is 1. The maximum absolute atomic E-state index is 12.3. The van der Waals surface area contributed by atoms with Gasteiger partial charge in [0.25, 0.3) is 5.89 Å². The minimum atomic E-state index is -2.75. The van der Waals surface area contributed by atoms with Crippen molar-refractivity contribution in [3.05, 3.63) is 29.7 Å². The number of aromatic nitrogens is 1. The van der Waals surface area contributed by atoms with E-state index in [0.29, 0.717) is 11.1 Å². The monoisotopic (exact) mass is 289 g/mol. The molecule has 0 fully saturated rings. The van der Waals surface area contributed by atoms with Gasteiger partial charge in [-0.05, 0) is 18.2 Å². The van der Waals surface area contributed by atoms with Gasteiger partial charge in [-0.1, -0.05) is 15.9 Å². The smallest absolute Gasteiger partial charge is 0.313 e. The highest BCUT2D eigenvalue weighted by molar-refractivity contribution is 9.09. The molecule has 6 heteroatoms. The summed E-state index contributed by atoms with van der Waals surface area (Å²) in [7, 11) is 0. The lowest BCUT2D eigenvalue weighted by atomic mass is 10.1. The summed E-state index contributed by atoms with van der Waals surface area (Å²) in [5.41, 5.74) is 0.921. The Labute approximate surface area is 97.6 Å². The van der Waals surface area contributed by atoms with E-state index >= 15 is 0 Å². The second-order valence-corrected chi connectivity index (χ2v) is 3.65. The predicted molar refractivity (Wildman–Crippen MR) is 57.1 cm³/mol. The van der Waals surface area contributed by atoms with E-state index in [1.54, 1.807) is 0 Å². The maximum Gasteiger partial charge on any atom is 0.313 e. The van der Waals surface area contributed by atoms with E-state index < -0.39 is 12.3 Å². The summed E-state index contributed by atoms with van der Waals surface area (Å²) < 4.78 is 29.4. The molecule has 0 spiro atoms. The molecular weight excluding hydrogens is 284 g/mol. The highest BCUT2D eigenvalue weighted by Crippen LogP contribution is 2.24. The first-order valence-corrected chi connectivity index (χ1v) is 5.52. The highest BCUT2D eigenvalue weighted by atomic mass is 79.9. The summed E-state index contributed by atoms with van der Waals surface area (Å²) in [5, 5.41) is 0.175. The van der Waals surface area contributed by atoms with Crippen molar-refractivity contribution in [2.24, 2.45) is 0 Å². The van der Waals surface area contributed by atoms with E-state index in [4.69, 9.17) is 4.42 Å². The van der Waals surface area contributed by atoms with Crippen LogP contribution in [0.15, 0.2) is 22.6 Å². The van der Waals surface area contributed by atoms with E-state index in [1.807, 2.05) is 0 Å². The SMILES string of the molecule is O=C(CBr)c1ccc2nc(C(F)F)oc2c1. The predicted octanol–water partition coefficient (Wildman–Crippen LogP) is 3.34. The topological polar surface area (TPSA) is 43.1 Å². The number of ketones is 1. The zero-order valence-electron chi connectivity index (χ0n) is 7.91. The highest BCUT2D eigenvalue weighted by Gasteiger charge is 2.16. The van der Waals surface area contributed by atoms with E-state index in [2.05, 4.69) is 20.9 Å². The molecular formula is C10H6BrF2NO2. The Morgan fingerprint density at radius 2 is 2.25 bits per heavy atom. The largest absolute Gasteiger partial charge is 0.435 e. The van der Waals surface area contributed by atoms with Crippen LogP contribution in [0.2, 0.25) is 0 Å². The van der Waals surface area contributed by atoms with Crippen molar-refractivity contribution in [1.29, 1.82) is 0 Å². The molecule has 0 saturated carbocycles. The molecule has 16 heavy (non-hydrogen) atoms. The molecule has 1 aromatic heterocycles. The number of alkyl halides is 3. The van der Waals surface area contributed by atoms with E-state index in [0.717, 1.165) is 0 Å². The number of fused-ring (bicyclic) bond motifs is 1. The van der Waals surface area contributed by atoms with Crippen LogP contribution in [0.4, 0.5) is 8.78 Å². The van der Waals surface area contributed by atoms with Crippen molar-refractivity contribution >= 4 is 32.8 Å². The molecule has 2 rings (SSSR count). The molecule has 0 unspecified atom stereocenters. The van der Waals surface area contributed by atoms with Gasteiger partial charge >= 0.3 is 6.43 Å². The fourth-order valence-electron chi connectivity index (χ4n) is 1.29. The number of halogens is 3. The first kappa shape index (κ1) is 11.2. The Kier molecular flexibility index (Phi) is 3.00. The van der Waals surface area contributed by atoms with Gasteiger partial charge in [0.2, 0.25) is 0 Å². The van der Waals surface area contributed by atoms with Crippen LogP contribution >= 0.6 is 15.9 Å². The Morgan fingerprint density at radius 3 is 2.88 bits per heavy atom. The van der Waals surface area contributed by atoms with Crippen molar-refractivity contribution in [1.82, 2.24) is 4.98 Å². The van der Waals surface area contributed by atoms with Crippen molar-refractivity contribution in [3.63, 3.8) is 0 Å². The van der Waals surface area contributed by atoms with Crippen LogP contribution in [-0.2, 0) is 0 Å². The fraction of sp³-hybridized carbons (Fsp3) is 0.200. The van der Waals surface area contributed by atoms with E-state index in [-0.39, 0.29) is 16.7 Å². The van der Waals surface area contributed by atoms with E-state index in [9.17, 15) is 13.6 Å². The lowest BCUT2D eigenvalue weighted by molar-refractivity contribution is 0.102. The van der Waals surface area contributed by atoms with Crippen LogP contribution in [0, 0.1) is 0 Å². The van der Waals surface area contributed by atoms with Crippen LogP contribution in [0.3, 0.4) is 0 Å². The average molecular weight is 290 g/mol. The number of hydrogen-bond donors (Lipinski definition) is 0. The summed E-state index contributed by atoms with van der Waals surface area (Å²) in [6.45, 7) is 0. The van der Waals surface area contributed by atoms with Crippen molar-refractivity contribution < 1.29 is 18.0 Å². The van der Waals surface area contributed by atoms with Crippen molar-refractivity contribution in [3.8, 4) is 0 Å². The average Bonchev–Trinajstić information content (AvgIpc) is 2.70. The molecule has 84 valence electrons. The molecule has 0 aliphatic carbocycles. The minimum absolute atomic E-state index is 0.142. The lowest BCUT2D eigenvalue weighted by Crippen LogP contribution is -1.98. The van der Waals surface area contributed by atoms with Gasteiger partial charge < -0.3 is 4.42 Å². The minimum Gasteiger partial charge on any atom is -0.435 e. The van der Waals surface area contributed by atoms with Crippen LogP contribution in [0.5, 0.6) is 0 Å². The second kappa shape index (κ2) is 4.29. The first-order chi connectivity index (χ1) is 7.61. The van der Waals surface area contributed by atoms with Gasteiger partial charge in [0.05, 0.1) is 5.33 Å². The Bertz CT molecular complexity index is 539. The van der Waals surface area contributed by atoms with Crippen molar-refractivity contribution in [2.45, 2.75) is 6.43 Å². The lowest BCUT2D eigenvalue weighted by Gasteiger charge is -1.94. The molecule has 0 aliphatic heterocycles. The van der Waals surface area contributed by atoms with Crippen LogP contribution in [0.25, 0.3) is 11.1 Å². The number of carbonyl (C=O) groups is 1. The Hall–Kier alpha value is -1.30. The zero-order valence-corrected chi connectivity index (χ0v) is 9.50. The third-order valence-electron chi connectivity index (χ3n) is 2.04. The van der Waals surface area contributed by atoms with E-state index in [1.165, 1.54) is 18.2 Å². The van der Waals surface area contributed by atoms with Crippen LogP contribution in [0.1, 0.15) is 22.7 Å². The number of benzene rings is 1. The molecule has 1 aromatic carbocycles. The van der Waals surface area contributed by atoms with Gasteiger partial charge in [0, 0.05) is 5.56 Å². The molecule has 0 aliphatic rings. The Balaban J connectivity index is 2.49. The number of Topliss-reactive ketones (excluding diaryl/α,β-unsaturated/α-hetero) is 1. The van der Waals surface area contributed by atoms with Gasteiger partial charge in [-0.15, -0.1) is 0 Å². The first-order valence-electron chi connectivity index (χ1n) is 4.39. The van der Waals surface area contributed by atoms with Gasteiger partial charge in [-0.3, -0.25) is 4.79 Å². The maximum atomic E-state index is 12.3. The molecule has 2 aromatic rings. The second-order valence-electron chi connectivity index (χ2n) is 3.09. The van der Waals surface area contributed by atoms with Gasteiger partial charge in [0.15, 0.2) is 11.4 Å². The van der Waals surface area contributed by atoms with Gasteiger partial charge in [0.1, 0.15) is 5.52 Å². The van der Waals surface area contributed by atoms with Gasteiger partial charge in [-0.25, -0.2) is 4.98 Å². The number of nitrogens with zero attached hydrogens (tertiary/aromatic N) is 1. The standard InChI is InChI=1S/C10H6BrF2NO2/c11-4-7(15)5-1-2-6-8(3-5)16-10(14-6)9(12)13/h1-3,9H,4H2. The molecule has 0 saturated heterocycles. The summed E-state index contributed by atoms with van der Waals surface area (Å²) in [4.78, 5) is 14.9. The quantitative estimate of drug-likeness (QED) is 0.643. The zero-order chi connectivity index (χ0) is 11.7. The summed E-state index contributed by atoms with van der Waals surface area (Å²) in [6.07, 6.45) is -2.75. The van der Waals surface area contributed by atoms with Crippen molar-refractivity contribution in [2.75, 3.05) is 5.33 Å². The number of oxazole rings is 1. The molecule has 0 N–H and O–H groups in total. The Morgan fingerprint density at radius 1 is 1.50 bits per heavy atom. The molecule has 3 nitrogen and oxygen atoms in total. The summed E-state index contributed by atoms with van der Waals surface area (Å²) >= 11 is 3.03. The third kappa shape index (κ3) is 1.97. The normalized spacial score (nSPS) is 11.2. The molecule has 0 bridgehead atoms. The molecule has 0 amide bonds. The molecule has 0 atom stereocenters.